The topological polar surface area (TPSA) is 145 Å². The van der Waals surface area contributed by atoms with Crippen LogP contribution in [0, 0.1) is 10.4 Å². The quantitative estimate of drug-likeness (QED) is 0.207. The molecule has 10 heteroatoms. The van der Waals surface area contributed by atoms with Gasteiger partial charge in [-0.3, -0.25) is 9.89 Å². The van der Waals surface area contributed by atoms with E-state index in [2.05, 4.69) is 20.2 Å². The molecule has 0 bridgehead atoms. The lowest BCUT2D eigenvalue weighted by Gasteiger charge is -2.25. The summed E-state index contributed by atoms with van der Waals surface area (Å²) in [6, 6.07) is 20.7. The Hall–Kier alpha value is -3.96. The molecule has 2 heterocycles. The second-order valence-electron chi connectivity index (χ2n) is 7.56. The highest BCUT2D eigenvalue weighted by atomic mass is 32.2. The Morgan fingerprint density at radius 3 is 2.53 bits per heavy atom. The van der Waals surface area contributed by atoms with E-state index in [1.807, 2.05) is 60.8 Å². The number of hydrogen-bond donors (Lipinski definition) is 4. The van der Waals surface area contributed by atoms with Crippen molar-refractivity contribution < 1.29 is 15.1 Å². The van der Waals surface area contributed by atoms with Gasteiger partial charge in [0.05, 0.1) is 5.75 Å². The number of rotatable bonds is 7. The number of aliphatic carboxylic acids is 1. The number of quaternary nitrogens is 1. The summed E-state index contributed by atoms with van der Waals surface area (Å²) in [5.41, 5.74) is 5.09. The molecule has 0 saturated carbocycles. The number of thioether (sulfide) groups is 1. The van der Waals surface area contributed by atoms with E-state index in [0.29, 0.717) is 17.0 Å². The number of carboxylic acids is 1. The van der Waals surface area contributed by atoms with Gasteiger partial charge >= 0.3 is 5.97 Å². The summed E-state index contributed by atoms with van der Waals surface area (Å²) in [6.07, 6.45) is 1.96. The van der Waals surface area contributed by atoms with Crippen LogP contribution in [0.3, 0.4) is 0 Å². The Labute approximate surface area is 197 Å². The minimum atomic E-state index is -1.31. The van der Waals surface area contributed by atoms with E-state index in [1.165, 1.54) is 6.07 Å². The van der Waals surface area contributed by atoms with Gasteiger partial charge in [0, 0.05) is 40.4 Å². The van der Waals surface area contributed by atoms with Crippen LogP contribution in [0.25, 0.3) is 44.5 Å². The molecule has 34 heavy (non-hydrogen) atoms. The fourth-order valence-corrected chi connectivity index (χ4v) is 4.29. The zero-order valence-electron chi connectivity index (χ0n) is 17.6. The molecule has 0 fully saturated rings. The highest BCUT2D eigenvalue weighted by Crippen LogP contribution is 2.34. The van der Waals surface area contributed by atoms with Gasteiger partial charge in [0.15, 0.2) is 5.82 Å². The third kappa shape index (κ3) is 4.43. The molecule has 0 atom stereocenters. The van der Waals surface area contributed by atoms with Crippen LogP contribution >= 0.6 is 11.8 Å². The van der Waals surface area contributed by atoms with E-state index >= 15 is 0 Å². The Balaban J connectivity index is 1.57. The van der Waals surface area contributed by atoms with Gasteiger partial charge in [0.2, 0.25) is 5.16 Å². The standard InChI is InChI=1S/C24H18N5O4S/c30-22(31)13-34-24-26-23(27-28-24)17-8-16(9-18(10-17)29(32)33)15-6-7-21-19(11-15)20(12-25-21)14-4-2-1-3-5-14/h1-12,25,29H,13H2,(H,30,31)(H,26,27,28)/q-1. The van der Waals surface area contributed by atoms with Crippen molar-refractivity contribution in [2.24, 2.45) is 0 Å². The molecule has 4 N–H and O–H groups in total. The molecule has 0 amide bonds. The second kappa shape index (κ2) is 9.12. The number of nitrogens with zero attached hydrogens (tertiary/aromatic N) is 2. The van der Waals surface area contributed by atoms with Crippen molar-refractivity contribution in [1.29, 1.82) is 0 Å². The molecule has 0 unspecified atom stereocenters. The Bertz CT molecular complexity index is 1480. The van der Waals surface area contributed by atoms with Crippen LogP contribution in [0.2, 0.25) is 0 Å². The first kappa shape index (κ1) is 21.9. The highest BCUT2D eigenvalue weighted by Gasteiger charge is 2.14. The first-order chi connectivity index (χ1) is 16.5. The van der Waals surface area contributed by atoms with Gasteiger partial charge in [-0.25, -0.2) is 4.98 Å². The number of H-pyrrole nitrogens is 2. The number of nitrogens with one attached hydrogen (secondary N) is 3. The number of carbonyl (C=O) groups is 1. The zero-order valence-corrected chi connectivity index (χ0v) is 18.4. The van der Waals surface area contributed by atoms with Crippen LogP contribution in [0.4, 0.5) is 5.69 Å². The van der Waals surface area contributed by atoms with Gasteiger partial charge in [0.1, 0.15) is 5.69 Å². The average molecular weight is 473 g/mol. The van der Waals surface area contributed by atoms with Crippen LogP contribution in [-0.2, 0) is 4.79 Å². The van der Waals surface area contributed by atoms with Crippen molar-refractivity contribution in [3.8, 4) is 33.6 Å². The van der Waals surface area contributed by atoms with Crippen LogP contribution in [0.15, 0.2) is 78.1 Å². The fourth-order valence-electron chi connectivity index (χ4n) is 3.77. The Morgan fingerprint density at radius 1 is 0.971 bits per heavy atom. The van der Waals surface area contributed by atoms with E-state index in [9.17, 15) is 15.2 Å². The van der Waals surface area contributed by atoms with Crippen molar-refractivity contribution in [2.75, 3.05) is 5.75 Å². The molecule has 2 aromatic heterocycles. The lowest BCUT2D eigenvalue weighted by atomic mass is 9.98. The maximum atomic E-state index is 11.7. The van der Waals surface area contributed by atoms with E-state index in [-0.39, 0.29) is 16.6 Å². The summed E-state index contributed by atoms with van der Waals surface area (Å²) < 4.78 is 0. The monoisotopic (exact) mass is 472 g/mol. The number of hydrogen-bond acceptors (Lipinski definition) is 6. The summed E-state index contributed by atoms with van der Waals surface area (Å²) in [5.74, 6) is -0.820. The normalized spacial score (nSPS) is 11.4. The molecule has 5 aromatic rings. The fraction of sp³-hybridized carbons (Fsp3) is 0.0417. The number of aromatic amines is 2. The Kier molecular flexibility index (Phi) is 5.86. The third-order valence-corrected chi connectivity index (χ3v) is 6.16. The molecular formula is C24H18N5O4S-. The van der Waals surface area contributed by atoms with Gasteiger partial charge in [-0.05, 0) is 34.9 Å². The minimum Gasteiger partial charge on any atom is -0.628 e. The average Bonchev–Trinajstić information content (AvgIpc) is 3.50. The van der Waals surface area contributed by atoms with Crippen LogP contribution in [0.5, 0.6) is 0 Å². The predicted molar refractivity (Wildman–Crippen MR) is 130 cm³/mol. The smallest absolute Gasteiger partial charge is 0.313 e. The molecule has 0 aliphatic rings. The second-order valence-corrected chi connectivity index (χ2v) is 8.51. The van der Waals surface area contributed by atoms with Gasteiger partial charge in [0.25, 0.3) is 0 Å². The molecule has 3 aromatic carbocycles. The number of fused-ring (bicyclic) bond motifs is 1. The summed E-state index contributed by atoms with van der Waals surface area (Å²) in [5, 5.41) is 39.0. The summed E-state index contributed by atoms with van der Waals surface area (Å²) in [4.78, 5) is 18.4. The SMILES string of the molecule is O=C(O)CSc1n[nH]c(-c2cc(-c3ccc4[nH]cc(-c5ccccc5)c4c3)cc([NH+]([O-])[O-])c2)n1. The first-order valence-electron chi connectivity index (χ1n) is 10.3. The van der Waals surface area contributed by atoms with Crippen molar-refractivity contribution >= 4 is 34.3 Å². The van der Waals surface area contributed by atoms with E-state index in [1.54, 1.807) is 6.07 Å². The molecule has 0 saturated heterocycles. The van der Waals surface area contributed by atoms with Gasteiger partial charge in [-0.2, -0.15) is 0 Å². The molecule has 0 spiro atoms. The number of carboxylic acid groups (broad SMARTS) is 1. The molecule has 5 rings (SSSR count). The van der Waals surface area contributed by atoms with Crippen molar-refractivity contribution in [3.63, 3.8) is 0 Å². The summed E-state index contributed by atoms with van der Waals surface area (Å²) in [7, 11) is 0. The molecule has 0 aliphatic heterocycles. The van der Waals surface area contributed by atoms with Crippen molar-refractivity contribution in [3.05, 3.63) is 83.3 Å². The third-order valence-electron chi connectivity index (χ3n) is 5.33. The number of benzene rings is 3. The minimum absolute atomic E-state index is 0.00101. The van der Waals surface area contributed by atoms with Crippen molar-refractivity contribution in [1.82, 2.24) is 20.2 Å². The van der Waals surface area contributed by atoms with Gasteiger partial charge in [-0.1, -0.05) is 48.2 Å². The van der Waals surface area contributed by atoms with E-state index in [4.69, 9.17) is 5.11 Å². The summed E-state index contributed by atoms with van der Waals surface area (Å²) in [6.45, 7) is 0. The first-order valence-corrected chi connectivity index (χ1v) is 11.3. The van der Waals surface area contributed by atoms with Crippen molar-refractivity contribution in [2.45, 2.75) is 5.16 Å². The van der Waals surface area contributed by atoms with Crippen LogP contribution < -0.4 is 5.23 Å². The molecule has 0 radical (unpaired) electrons. The Morgan fingerprint density at radius 2 is 1.76 bits per heavy atom. The number of aromatic nitrogens is 4. The zero-order chi connectivity index (χ0) is 23.7. The summed E-state index contributed by atoms with van der Waals surface area (Å²) >= 11 is 0.972. The van der Waals surface area contributed by atoms with Gasteiger partial charge in [-0.15, -0.1) is 5.10 Å². The van der Waals surface area contributed by atoms with Gasteiger partial charge < -0.3 is 25.7 Å². The molecular weight excluding hydrogens is 454 g/mol. The lowest BCUT2D eigenvalue weighted by Crippen LogP contribution is -2.96. The molecule has 0 aliphatic carbocycles. The van der Waals surface area contributed by atoms with Crippen LogP contribution in [0.1, 0.15) is 0 Å². The lowest BCUT2D eigenvalue weighted by molar-refractivity contribution is -0.715. The van der Waals surface area contributed by atoms with E-state index < -0.39 is 11.2 Å². The van der Waals surface area contributed by atoms with Crippen LogP contribution in [-0.4, -0.2) is 37.0 Å². The molecule has 9 nitrogen and oxygen atoms in total. The highest BCUT2D eigenvalue weighted by molar-refractivity contribution is 7.99. The van der Waals surface area contributed by atoms with E-state index in [0.717, 1.165) is 39.4 Å². The maximum Gasteiger partial charge on any atom is 0.313 e. The predicted octanol–water partition coefficient (Wildman–Crippen LogP) is 3.98. The largest absolute Gasteiger partial charge is 0.628 e. The maximum absolute atomic E-state index is 11.7. The molecule has 170 valence electrons.